The van der Waals surface area contributed by atoms with Crippen LogP contribution in [-0.2, 0) is 9.53 Å². The van der Waals surface area contributed by atoms with Crippen molar-refractivity contribution in [1.29, 1.82) is 0 Å². The van der Waals surface area contributed by atoms with Crippen LogP contribution in [0.5, 0.6) is 0 Å². The van der Waals surface area contributed by atoms with Gasteiger partial charge in [-0.05, 0) is 39.8 Å². The van der Waals surface area contributed by atoms with Crippen molar-refractivity contribution in [3.8, 4) is 0 Å². The van der Waals surface area contributed by atoms with Crippen molar-refractivity contribution < 1.29 is 14.3 Å². The highest BCUT2D eigenvalue weighted by Crippen LogP contribution is 2.04. The van der Waals surface area contributed by atoms with Gasteiger partial charge in [-0.3, -0.25) is 4.57 Å². The Morgan fingerprint density at radius 1 is 1.40 bits per heavy atom. The quantitative estimate of drug-likeness (QED) is 0.543. The molecule has 0 fully saturated rings. The summed E-state index contributed by atoms with van der Waals surface area (Å²) in [6.07, 6.45) is 6.74. The van der Waals surface area contributed by atoms with E-state index in [-0.39, 0.29) is 6.03 Å². The molecular weight excluding hydrogens is 260 g/mol. The topological polar surface area (TPSA) is 85.3 Å². The molecule has 0 unspecified atom stereocenters. The summed E-state index contributed by atoms with van der Waals surface area (Å²) in [5.41, 5.74) is 0. The lowest BCUT2D eigenvalue weighted by Crippen LogP contribution is -2.43. The molecule has 0 radical (unpaired) electrons. The number of nitrogens with one attached hydrogen (secondary N) is 2. The van der Waals surface area contributed by atoms with Gasteiger partial charge in [0.25, 0.3) is 0 Å². The fraction of sp³-hybridized carbons (Fsp3) is 0.615. The fourth-order valence-electron chi connectivity index (χ4n) is 1.74. The SMILES string of the molecule is CCOC(=O)[C@H](CCCCNC)NC(=O)n1ccnc1. The molecular formula is C13H22N4O3. The van der Waals surface area contributed by atoms with Crippen molar-refractivity contribution in [2.75, 3.05) is 20.2 Å². The second-order valence-corrected chi connectivity index (χ2v) is 4.32. The highest BCUT2D eigenvalue weighted by Gasteiger charge is 2.22. The van der Waals surface area contributed by atoms with Crippen molar-refractivity contribution in [3.05, 3.63) is 18.7 Å². The number of unbranched alkanes of at least 4 members (excludes halogenated alkanes) is 1. The van der Waals surface area contributed by atoms with Gasteiger partial charge in [0.15, 0.2) is 0 Å². The molecule has 1 rings (SSSR count). The zero-order valence-corrected chi connectivity index (χ0v) is 12.0. The first-order chi connectivity index (χ1) is 9.69. The van der Waals surface area contributed by atoms with E-state index in [0.29, 0.717) is 13.0 Å². The summed E-state index contributed by atoms with van der Waals surface area (Å²) >= 11 is 0. The molecule has 0 aromatic carbocycles. The normalized spacial score (nSPS) is 11.9. The Morgan fingerprint density at radius 2 is 2.20 bits per heavy atom. The lowest BCUT2D eigenvalue weighted by Gasteiger charge is -2.17. The first-order valence-electron chi connectivity index (χ1n) is 6.79. The molecule has 0 saturated heterocycles. The summed E-state index contributed by atoms with van der Waals surface area (Å²) in [5, 5.41) is 5.71. The Morgan fingerprint density at radius 3 is 2.80 bits per heavy atom. The zero-order chi connectivity index (χ0) is 14.8. The number of rotatable bonds is 8. The minimum absolute atomic E-state index is 0.298. The van der Waals surface area contributed by atoms with Crippen molar-refractivity contribution in [2.24, 2.45) is 0 Å². The van der Waals surface area contributed by atoms with Gasteiger partial charge < -0.3 is 15.4 Å². The highest BCUT2D eigenvalue weighted by atomic mass is 16.5. The molecule has 1 aromatic heterocycles. The maximum absolute atomic E-state index is 11.9. The van der Waals surface area contributed by atoms with Gasteiger partial charge in [0.2, 0.25) is 0 Å². The molecule has 1 aromatic rings. The van der Waals surface area contributed by atoms with Crippen LogP contribution < -0.4 is 10.6 Å². The van der Waals surface area contributed by atoms with E-state index >= 15 is 0 Å². The third-order valence-electron chi connectivity index (χ3n) is 2.78. The first-order valence-corrected chi connectivity index (χ1v) is 6.79. The molecule has 20 heavy (non-hydrogen) atoms. The largest absolute Gasteiger partial charge is 0.464 e. The second kappa shape index (κ2) is 9.08. The summed E-state index contributed by atoms with van der Waals surface area (Å²) in [6.45, 7) is 2.92. The molecule has 2 N–H and O–H groups in total. The molecule has 7 heteroatoms. The summed E-state index contributed by atoms with van der Waals surface area (Å²) in [6, 6.07) is -1.00. The average molecular weight is 282 g/mol. The Labute approximate surface area is 118 Å². The predicted molar refractivity (Wildman–Crippen MR) is 74.4 cm³/mol. The molecule has 7 nitrogen and oxygen atoms in total. The van der Waals surface area contributed by atoms with E-state index in [1.165, 1.54) is 23.3 Å². The molecule has 0 bridgehead atoms. The Balaban J connectivity index is 2.53. The van der Waals surface area contributed by atoms with Gasteiger partial charge in [-0.1, -0.05) is 0 Å². The van der Waals surface area contributed by atoms with Crippen LogP contribution in [0.25, 0.3) is 0 Å². The van der Waals surface area contributed by atoms with Crippen LogP contribution in [0, 0.1) is 0 Å². The monoisotopic (exact) mass is 282 g/mol. The molecule has 1 atom stereocenters. The summed E-state index contributed by atoms with van der Waals surface area (Å²) < 4.78 is 6.28. The van der Waals surface area contributed by atoms with Crippen LogP contribution in [0.1, 0.15) is 26.2 Å². The number of carbonyl (C=O) groups excluding carboxylic acids is 2. The van der Waals surface area contributed by atoms with E-state index in [9.17, 15) is 9.59 Å². The molecule has 0 saturated carbocycles. The van der Waals surface area contributed by atoms with Crippen LogP contribution in [0.15, 0.2) is 18.7 Å². The Bertz CT molecular complexity index is 406. The summed E-state index contributed by atoms with van der Waals surface area (Å²) in [5.74, 6) is -0.398. The van der Waals surface area contributed by atoms with Gasteiger partial charge in [-0.25, -0.2) is 14.6 Å². The minimum atomic E-state index is -0.623. The van der Waals surface area contributed by atoms with Crippen LogP contribution in [0.2, 0.25) is 0 Å². The Kier molecular flexibility index (Phi) is 7.34. The lowest BCUT2D eigenvalue weighted by atomic mass is 10.1. The minimum Gasteiger partial charge on any atom is -0.464 e. The van der Waals surface area contributed by atoms with Crippen molar-refractivity contribution >= 4 is 12.0 Å². The summed E-state index contributed by atoms with van der Waals surface area (Å²) in [4.78, 5) is 27.5. The number of hydrogen-bond donors (Lipinski definition) is 2. The number of esters is 1. The van der Waals surface area contributed by atoms with Crippen LogP contribution in [0.3, 0.4) is 0 Å². The lowest BCUT2D eigenvalue weighted by molar-refractivity contribution is -0.145. The number of carbonyl (C=O) groups is 2. The van der Waals surface area contributed by atoms with Crippen molar-refractivity contribution in [3.63, 3.8) is 0 Å². The van der Waals surface area contributed by atoms with E-state index < -0.39 is 12.0 Å². The maximum atomic E-state index is 11.9. The van der Waals surface area contributed by atoms with Gasteiger partial charge in [0.1, 0.15) is 12.4 Å². The van der Waals surface area contributed by atoms with Gasteiger partial charge >= 0.3 is 12.0 Å². The smallest absolute Gasteiger partial charge is 0.328 e. The highest BCUT2D eigenvalue weighted by molar-refractivity contribution is 5.84. The molecule has 0 aliphatic carbocycles. The van der Waals surface area contributed by atoms with E-state index in [1.807, 2.05) is 7.05 Å². The predicted octanol–water partition coefficient (Wildman–Crippen LogP) is 0.762. The molecule has 0 aliphatic heterocycles. The number of hydrogen-bond acceptors (Lipinski definition) is 5. The number of nitrogens with zero attached hydrogens (tertiary/aromatic N) is 2. The van der Waals surface area contributed by atoms with Crippen LogP contribution in [0.4, 0.5) is 4.79 Å². The first kappa shape index (κ1) is 16.2. The molecule has 112 valence electrons. The zero-order valence-electron chi connectivity index (χ0n) is 12.0. The van der Waals surface area contributed by atoms with Gasteiger partial charge in [-0.15, -0.1) is 0 Å². The van der Waals surface area contributed by atoms with E-state index in [1.54, 1.807) is 6.92 Å². The number of imidazole rings is 1. The van der Waals surface area contributed by atoms with Gasteiger partial charge in [0, 0.05) is 12.4 Å². The second-order valence-electron chi connectivity index (χ2n) is 4.32. The molecule has 0 aliphatic rings. The fourth-order valence-corrected chi connectivity index (χ4v) is 1.74. The standard InChI is InChI=1S/C13H22N4O3/c1-3-20-12(18)11(6-4-5-7-14-2)16-13(19)17-9-8-15-10-17/h8-11,14H,3-7H2,1-2H3,(H,16,19)/t11-/m0/s1. The Hall–Kier alpha value is -1.89. The maximum Gasteiger partial charge on any atom is 0.328 e. The number of ether oxygens (including phenoxy) is 1. The van der Waals surface area contributed by atoms with Crippen LogP contribution >= 0.6 is 0 Å². The number of amides is 1. The number of aromatic nitrogens is 2. The third kappa shape index (κ3) is 5.40. The van der Waals surface area contributed by atoms with E-state index in [0.717, 1.165) is 19.4 Å². The molecule has 1 amide bonds. The average Bonchev–Trinajstić information content (AvgIpc) is 2.96. The summed E-state index contributed by atoms with van der Waals surface area (Å²) in [7, 11) is 1.88. The van der Waals surface area contributed by atoms with Gasteiger partial charge in [-0.2, -0.15) is 0 Å². The molecule has 0 spiro atoms. The third-order valence-corrected chi connectivity index (χ3v) is 2.78. The van der Waals surface area contributed by atoms with Gasteiger partial charge in [0.05, 0.1) is 6.61 Å². The molecule has 1 heterocycles. The van der Waals surface area contributed by atoms with Crippen molar-refractivity contribution in [1.82, 2.24) is 20.2 Å². The van der Waals surface area contributed by atoms with E-state index in [4.69, 9.17) is 4.74 Å². The van der Waals surface area contributed by atoms with E-state index in [2.05, 4.69) is 15.6 Å². The van der Waals surface area contributed by atoms with Crippen LogP contribution in [-0.4, -0.2) is 47.8 Å². The van der Waals surface area contributed by atoms with Crippen molar-refractivity contribution in [2.45, 2.75) is 32.2 Å².